The monoisotopic (exact) mass is 359 g/mol. The van der Waals surface area contributed by atoms with Crippen LogP contribution in [-0.2, 0) is 13.2 Å². The average Bonchev–Trinajstić information content (AvgIpc) is 3.27. The first-order chi connectivity index (χ1) is 12.6. The van der Waals surface area contributed by atoms with Crippen LogP contribution in [0.25, 0.3) is 0 Å². The van der Waals surface area contributed by atoms with Gasteiger partial charge in [-0.3, -0.25) is 9.89 Å². The quantitative estimate of drug-likeness (QED) is 0.696. The average molecular weight is 359 g/mol. The molecule has 1 aromatic carbocycles. The van der Waals surface area contributed by atoms with Crippen molar-refractivity contribution in [3.63, 3.8) is 0 Å². The van der Waals surface area contributed by atoms with E-state index in [9.17, 15) is 9.18 Å². The Morgan fingerprint density at radius 2 is 2.19 bits per heavy atom. The highest BCUT2D eigenvalue weighted by molar-refractivity contribution is 5.92. The maximum atomic E-state index is 13.6. The standard InChI is InChI=1S/C17H18FN5O3/c1-3-23(9-16-19-11(2)22-26-16)17(24)14-8-12(20-21-14)10-25-15-7-5-4-6-13(15)18/h4-8H,3,9-10H2,1-2H3,(H,20,21). The molecule has 3 rings (SSSR count). The Morgan fingerprint density at radius 3 is 2.88 bits per heavy atom. The van der Waals surface area contributed by atoms with Crippen molar-refractivity contribution < 1.29 is 18.4 Å². The number of H-pyrrole nitrogens is 1. The lowest BCUT2D eigenvalue weighted by Crippen LogP contribution is -2.30. The van der Waals surface area contributed by atoms with Crippen LogP contribution in [0, 0.1) is 12.7 Å². The zero-order valence-electron chi connectivity index (χ0n) is 14.4. The van der Waals surface area contributed by atoms with Crippen LogP contribution in [-0.4, -0.2) is 37.7 Å². The van der Waals surface area contributed by atoms with E-state index in [2.05, 4.69) is 20.3 Å². The van der Waals surface area contributed by atoms with E-state index < -0.39 is 5.82 Å². The predicted octanol–water partition coefficient (Wildman–Crippen LogP) is 2.48. The number of aromatic amines is 1. The number of aromatic nitrogens is 4. The molecule has 1 N–H and O–H groups in total. The van der Waals surface area contributed by atoms with Gasteiger partial charge in [-0.25, -0.2) is 4.39 Å². The van der Waals surface area contributed by atoms with E-state index in [1.165, 1.54) is 17.0 Å². The van der Waals surface area contributed by atoms with E-state index in [0.29, 0.717) is 24.0 Å². The van der Waals surface area contributed by atoms with Crippen molar-refractivity contribution in [2.75, 3.05) is 6.54 Å². The Hall–Kier alpha value is -3.23. The number of carbonyl (C=O) groups is 1. The van der Waals surface area contributed by atoms with Crippen LogP contribution in [0.5, 0.6) is 5.75 Å². The summed E-state index contributed by atoms with van der Waals surface area (Å²) in [6.45, 7) is 4.27. The SMILES string of the molecule is CCN(Cc1nc(C)no1)C(=O)c1cc(COc2ccccc2F)[nH]n1. The van der Waals surface area contributed by atoms with E-state index in [1.54, 1.807) is 25.1 Å². The lowest BCUT2D eigenvalue weighted by atomic mass is 10.3. The number of hydrogen-bond donors (Lipinski definition) is 1. The van der Waals surface area contributed by atoms with Crippen molar-refractivity contribution in [3.8, 4) is 5.75 Å². The van der Waals surface area contributed by atoms with E-state index in [0.717, 1.165) is 0 Å². The molecule has 0 radical (unpaired) electrons. The predicted molar refractivity (Wildman–Crippen MR) is 88.8 cm³/mol. The van der Waals surface area contributed by atoms with Gasteiger partial charge >= 0.3 is 0 Å². The van der Waals surface area contributed by atoms with Gasteiger partial charge < -0.3 is 14.2 Å². The molecule has 0 aliphatic rings. The fourth-order valence-corrected chi connectivity index (χ4v) is 2.32. The third kappa shape index (κ3) is 4.05. The maximum absolute atomic E-state index is 13.6. The highest BCUT2D eigenvalue weighted by Gasteiger charge is 2.20. The first-order valence-electron chi connectivity index (χ1n) is 8.07. The Morgan fingerprint density at radius 1 is 1.38 bits per heavy atom. The highest BCUT2D eigenvalue weighted by atomic mass is 19.1. The van der Waals surface area contributed by atoms with Gasteiger partial charge in [-0.05, 0) is 32.0 Å². The van der Waals surface area contributed by atoms with Crippen LogP contribution in [0.15, 0.2) is 34.9 Å². The van der Waals surface area contributed by atoms with Gasteiger partial charge in [-0.2, -0.15) is 10.1 Å². The lowest BCUT2D eigenvalue weighted by Gasteiger charge is -2.17. The third-order valence-electron chi connectivity index (χ3n) is 3.63. The fraction of sp³-hybridized carbons (Fsp3) is 0.294. The molecule has 136 valence electrons. The number of nitrogens with zero attached hydrogens (tertiary/aromatic N) is 4. The Balaban J connectivity index is 1.64. The highest BCUT2D eigenvalue weighted by Crippen LogP contribution is 2.17. The molecule has 0 aliphatic carbocycles. The summed E-state index contributed by atoms with van der Waals surface area (Å²) in [6, 6.07) is 7.68. The molecule has 9 heteroatoms. The Labute approximate surface area is 149 Å². The van der Waals surface area contributed by atoms with Crippen LogP contribution >= 0.6 is 0 Å². The molecular weight excluding hydrogens is 341 g/mol. The number of hydrogen-bond acceptors (Lipinski definition) is 6. The lowest BCUT2D eigenvalue weighted by molar-refractivity contribution is 0.0728. The number of para-hydroxylation sites is 1. The van der Waals surface area contributed by atoms with E-state index in [-0.39, 0.29) is 30.5 Å². The zero-order chi connectivity index (χ0) is 18.5. The van der Waals surface area contributed by atoms with Gasteiger partial charge in [0.25, 0.3) is 5.91 Å². The first kappa shape index (κ1) is 17.6. The number of amides is 1. The van der Waals surface area contributed by atoms with Crippen LogP contribution in [0.1, 0.15) is 34.8 Å². The molecule has 0 bridgehead atoms. The number of ether oxygens (including phenoxy) is 1. The molecule has 8 nitrogen and oxygen atoms in total. The molecule has 2 aromatic heterocycles. The molecule has 0 spiro atoms. The van der Waals surface area contributed by atoms with Crippen molar-refractivity contribution in [2.45, 2.75) is 27.0 Å². The number of benzene rings is 1. The van der Waals surface area contributed by atoms with Gasteiger partial charge in [0.2, 0.25) is 5.89 Å². The summed E-state index contributed by atoms with van der Waals surface area (Å²) < 4.78 is 24.0. The summed E-state index contributed by atoms with van der Waals surface area (Å²) in [7, 11) is 0. The molecule has 26 heavy (non-hydrogen) atoms. The van der Waals surface area contributed by atoms with Gasteiger partial charge in [-0.15, -0.1) is 0 Å². The van der Waals surface area contributed by atoms with Crippen LogP contribution < -0.4 is 4.74 Å². The molecule has 0 unspecified atom stereocenters. The summed E-state index contributed by atoms with van der Waals surface area (Å²) in [5, 5.41) is 10.4. The topological polar surface area (TPSA) is 97.1 Å². The zero-order valence-corrected chi connectivity index (χ0v) is 14.4. The minimum Gasteiger partial charge on any atom is -0.484 e. The van der Waals surface area contributed by atoms with Gasteiger partial charge in [0.05, 0.1) is 5.69 Å². The van der Waals surface area contributed by atoms with E-state index in [4.69, 9.17) is 9.26 Å². The minimum absolute atomic E-state index is 0.0657. The molecule has 2 heterocycles. The van der Waals surface area contributed by atoms with Crippen LogP contribution in [0.3, 0.4) is 0 Å². The number of rotatable bonds is 7. The Bertz CT molecular complexity index is 892. The minimum atomic E-state index is -0.449. The molecular formula is C17H18FN5O3. The van der Waals surface area contributed by atoms with Crippen molar-refractivity contribution >= 4 is 5.91 Å². The molecule has 3 aromatic rings. The molecule has 1 amide bonds. The summed E-state index contributed by atoms with van der Waals surface area (Å²) >= 11 is 0. The summed E-state index contributed by atoms with van der Waals surface area (Å²) in [5.41, 5.74) is 0.788. The molecule has 0 saturated heterocycles. The van der Waals surface area contributed by atoms with Crippen molar-refractivity contribution in [1.82, 2.24) is 25.2 Å². The van der Waals surface area contributed by atoms with Crippen molar-refractivity contribution in [1.29, 1.82) is 0 Å². The smallest absolute Gasteiger partial charge is 0.274 e. The van der Waals surface area contributed by atoms with Gasteiger partial charge in [0, 0.05) is 6.54 Å². The number of halogens is 1. The summed E-state index contributed by atoms with van der Waals surface area (Å²) in [6.07, 6.45) is 0. The normalized spacial score (nSPS) is 10.7. The first-order valence-corrected chi connectivity index (χ1v) is 8.07. The molecule has 0 aliphatic heterocycles. The molecule has 0 saturated carbocycles. The van der Waals surface area contributed by atoms with Crippen LogP contribution in [0.2, 0.25) is 0 Å². The van der Waals surface area contributed by atoms with Gasteiger partial charge in [-0.1, -0.05) is 17.3 Å². The second kappa shape index (κ2) is 7.77. The fourth-order valence-electron chi connectivity index (χ4n) is 2.32. The van der Waals surface area contributed by atoms with Crippen LogP contribution in [0.4, 0.5) is 4.39 Å². The molecule has 0 fully saturated rings. The second-order valence-electron chi connectivity index (χ2n) is 5.55. The second-order valence-corrected chi connectivity index (χ2v) is 5.55. The number of nitrogens with one attached hydrogen (secondary N) is 1. The van der Waals surface area contributed by atoms with Crippen molar-refractivity contribution in [2.24, 2.45) is 0 Å². The van der Waals surface area contributed by atoms with Gasteiger partial charge in [0.1, 0.15) is 13.2 Å². The summed E-state index contributed by atoms with van der Waals surface area (Å²) in [5.74, 6) is 0.274. The number of aryl methyl sites for hydroxylation is 1. The largest absolute Gasteiger partial charge is 0.484 e. The third-order valence-corrected chi connectivity index (χ3v) is 3.63. The number of carbonyl (C=O) groups excluding carboxylic acids is 1. The summed E-state index contributed by atoms with van der Waals surface area (Å²) in [4.78, 5) is 18.2. The van der Waals surface area contributed by atoms with Gasteiger partial charge in [0.15, 0.2) is 23.1 Å². The molecule has 0 atom stereocenters. The Kier molecular flexibility index (Phi) is 5.26. The van der Waals surface area contributed by atoms with E-state index >= 15 is 0 Å². The van der Waals surface area contributed by atoms with E-state index in [1.807, 2.05) is 6.92 Å². The van der Waals surface area contributed by atoms with Crippen molar-refractivity contribution in [3.05, 3.63) is 59.3 Å². The maximum Gasteiger partial charge on any atom is 0.274 e.